The van der Waals surface area contributed by atoms with E-state index in [1.165, 1.54) is 56.2 Å². The molecule has 1 aliphatic rings. The maximum absolute atomic E-state index is 14.8. The van der Waals surface area contributed by atoms with Gasteiger partial charge in [-0.05, 0) is 85.4 Å². The molecule has 266 valence electrons. The number of nitrogens with zero attached hydrogens (tertiary/aromatic N) is 3. The summed E-state index contributed by atoms with van der Waals surface area (Å²) in [7, 11) is 1.46. The topological polar surface area (TPSA) is 168 Å². The zero-order valence-electron chi connectivity index (χ0n) is 29.0. The summed E-state index contributed by atoms with van der Waals surface area (Å²) in [6.45, 7) is 10.2. The molecule has 1 amide bonds. The summed E-state index contributed by atoms with van der Waals surface area (Å²) in [5.41, 5.74) is 0.765. The predicted octanol–water partition coefficient (Wildman–Crippen LogP) is 3.05. The van der Waals surface area contributed by atoms with E-state index >= 15 is 0 Å². The Labute approximate surface area is 287 Å². The maximum atomic E-state index is 14.8. The van der Waals surface area contributed by atoms with E-state index in [-0.39, 0.29) is 36.0 Å². The quantitative estimate of drug-likeness (QED) is 0.131. The third-order valence-corrected chi connectivity index (χ3v) is 9.83. The van der Waals surface area contributed by atoms with Crippen LogP contribution < -0.4 is 32.1 Å². The van der Waals surface area contributed by atoms with E-state index in [0.29, 0.717) is 59.0 Å². The Morgan fingerprint density at radius 3 is 2.51 bits per heavy atom. The van der Waals surface area contributed by atoms with Crippen molar-refractivity contribution in [2.75, 3.05) is 19.1 Å². The van der Waals surface area contributed by atoms with Crippen molar-refractivity contribution in [1.82, 2.24) is 14.5 Å². The van der Waals surface area contributed by atoms with Gasteiger partial charge in [-0.3, -0.25) is 29.8 Å². The first-order chi connectivity index (χ1) is 23.2. The predicted molar refractivity (Wildman–Crippen MR) is 187 cm³/mol. The van der Waals surface area contributed by atoms with Crippen LogP contribution in [0.15, 0.2) is 32.9 Å². The fourth-order valence-corrected chi connectivity index (χ4v) is 7.20. The second kappa shape index (κ2) is 15.9. The Morgan fingerprint density at radius 1 is 1.20 bits per heavy atom. The highest BCUT2D eigenvalue weighted by atomic mass is 32.1. The highest BCUT2D eigenvalue weighted by Crippen LogP contribution is 2.38. The lowest BCUT2D eigenvalue weighted by Crippen LogP contribution is -2.56. The largest absolute Gasteiger partial charge is 0.496 e. The molecule has 13 nitrogen and oxygen atoms in total. The second-order valence-corrected chi connectivity index (χ2v) is 13.8. The van der Waals surface area contributed by atoms with E-state index in [9.17, 15) is 23.6 Å². The molecule has 1 aromatic carbocycles. The molecule has 4 N–H and O–H groups in total. The normalized spacial score (nSPS) is 17.3. The monoisotopic (exact) mass is 701 g/mol. The molecule has 2 aromatic heterocycles. The van der Waals surface area contributed by atoms with Crippen molar-refractivity contribution in [1.29, 1.82) is 0 Å². The first-order valence-corrected chi connectivity index (χ1v) is 17.1. The number of carbonyl (C=O) groups excluding carboxylic acids is 2. The van der Waals surface area contributed by atoms with Crippen LogP contribution >= 0.6 is 11.3 Å². The SMILES string of the molecule is CCOC(=O)C1CCC(O[C@@H](Cn2c(=O)n(C(C)(C)C(=O)NC(C)C)c(=O)c3c(C)c(N/N=C\C=[NH2+])sc32)c2cc(F)ccc2OC)CC1. The highest BCUT2D eigenvalue weighted by Gasteiger charge is 2.37. The fraction of sp³-hybridized carbons (Fsp3) is 0.529. The third-order valence-electron chi connectivity index (χ3n) is 8.61. The summed E-state index contributed by atoms with van der Waals surface area (Å²) in [6, 6.07) is 3.81. The van der Waals surface area contributed by atoms with Gasteiger partial charge in [0.1, 0.15) is 39.3 Å². The number of benzene rings is 1. The summed E-state index contributed by atoms with van der Waals surface area (Å²) >= 11 is 1.13. The number of hydrogen-bond acceptors (Lipinski definition) is 10. The zero-order valence-corrected chi connectivity index (χ0v) is 29.8. The van der Waals surface area contributed by atoms with Gasteiger partial charge in [-0.1, -0.05) is 11.3 Å². The number of nitrogens with two attached hydrogens (primary N) is 1. The summed E-state index contributed by atoms with van der Waals surface area (Å²) < 4.78 is 34.7. The van der Waals surface area contributed by atoms with Gasteiger partial charge in [-0.25, -0.2) is 13.8 Å². The number of rotatable bonds is 14. The van der Waals surface area contributed by atoms with Crippen LogP contribution in [0.25, 0.3) is 10.2 Å². The van der Waals surface area contributed by atoms with Crippen molar-refractivity contribution >= 4 is 50.9 Å². The fourth-order valence-electron chi connectivity index (χ4n) is 6.05. The number of halogens is 1. The van der Waals surface area contributed by atoms with Crippen LogP contribution in [0, 0.1) is 18.7 Å². The van der Waals surface area contributed by atoms with Crippen molar-refractivity contribution in [2.24, 2.45) is 11.0 Å². The van der Waals surface area contributed by atoms with Crippen molar-refractivity contribution < 1.29 is 33.6 Å². The Hall–Kier alpha value is -4.37. The number of anilines is 1. The Bertz CT molecular complexity index is 1840. The van der Waals surface area contributed by atoms with E-state index in [1.807, 2.05) is 0 Å². The van der Waals surface area contributed by atoms with Crippen molar-refractivity contribution in [3.05, 3.63) is 56.0 Å². The number of methoxy groups -OCH3 is 1. The van der Waals surface area contributed by atoms with E-state index in [1.54, 1.807) is 27.7 Å². The van der Waals surface area contributed by atoms with Gasteiger partial charge in [0.15, 0.2) is 6.21 Å². The van der Waals surface area contributed by atoms with E-state index in [0.717, 1.165) is 15.9 Å². The Balaban J connectivity index is 1.90. The third kappa shape index (κ3) is 8.10. The number of hydrogen-bond donors (Lipinski definition) is 3. The van der Waals surface area contributed by atoms with E-state index < -0.39 is 34.6 Å². The first kappa shape index (κ1) is 37.4. The van der Waals surface area contributed by atoms with Crippen molar-refractivity contribution in [2.45, 2.75) is 97.6 Å². The second-order valence-electron chi connectivity index (χ2n) is 12.8. The number of carbonyl (C=O) groups is 2. The standard InChI is InChI=1S/C34H45FN6O7S/c1-8-47-31(43)21-9-12-23(13-10-21)48-26(24-17-22(35)11-14-25(24)46-7)18-40-30-27(20(4)28(49-30)39-37-16-15-36)29(42)41(33(40)45)34(5,6)32(44)38-19(2)3/h11,14-17,19,21,23,26,36,39H,8-10,12-13,18H2,1-7H3,(H,38,44)/p+1/b36-15?,37-16-/t21?,23?,26-/m0/s1. The molecule has 49 heavy (non-hydrogen) atoms. The van der Waals surface area contributed by atoms with Crippen LogP contribution in [-0.4, -0.2) is 59.3 Å². The average molecular weight is 702 g/mol. The lowest BCUT2D eigenvalue weighted by atomic mass is 9.87. The molecule has 0 saturated heterocycles. The van der Waals surface area contributed by atoms with Crippen molar-refractivity contribution in [3.8, 4) is 5.75 Å². The number of amides is 1. The number of nitrogens with one attached hydrogen (secondary N) is 2. The molecular formula is C34H46FN6O7S+. The van der Waals surface area contributed by atoms with Gasteiger partial charge in [-0.15, -0.1) is 0 Å². The molecule has 0 unspecified atom stereocenters. The number of ether oxygens (including phenoxy) is 3. The van der Waals surface area contributed by atoms with Gasteiger partial charge in [0.25, 0.3) is 5.56 Å². The lowest BCUT2D eigenvalue weighted by molar-refractivity contribution is -0.150. The number of thiophene rings is 1. The number of aryl methyl sites for hydroxylation is 1. The molecular weight excluding hydrogens is 655 g/mol. The minimum atomic E-state index is -1.60. The van der Waals surface area contributed by atoms with Crippen LogP contribution in [0.3, 0.4) is 0 Å². The van der Waals surface area contributed by atoms with Gasteiger partial charge < -0.3 is 19.5 Å². The van der Waals surface area contributed by atoms with Gasteiger partial charge in [0, 0.05) is 17.2 Å². The van der Waals surface area contributed by atoms with Crippen LogP contribution in [0.4, 0.5) is 9.39 Å². The van der Waals surface area contributed by atoms with Gasteiger partial charge >= 0.3 is 11.7 Å². The molecule has 0 aliphatic heterocycles. The van der Waals surface area contributed by atoms with Crippen LogP contribution in [0.2, 0.25) is 0 Å². The van der Waals surface area contributed by atoms with Crippen LogP contribution in [0.5, 0.6) is 5.75 Å². The summed E-state index contributed by atoms with van der Waals surface area (Å²) in [4.78, 5) is 54.9. The molecule has 2 heterocycles. The summed E-state index contributed by atoms with van der Waals surface area (Å²) in [5, 5.41) is 13.0. The van der Waals surface area contributed by atoms with Gasteiger partial charge in [0.2, 0.25) is 5.91 Å². The molecule has 0 radical (unpaired) electrons. The molecule has 0 bridgehead atoms. The van der Waals surface area contributed by atoms with E-state index in [4.69, 9.17) is 19.6 Å². The van der Waals surface area contributed by atoms with Crippen LogP contribution in [0.1, 0.15) is 77.5 Å². The van der Waals surface area contributed by atoms with E-state index in [2.05, 4.69) is 15.8 Å². The first-order valence-electron chi connectivity index (χ1n) is 16.3. The molecule has 1 saturated carbocycles. The molecule has 15 heteroatoms. The Morgan fingerprint density at radius 2 is 1.90 bits per heavy atom. The number of esters is 1. The van der Waals surface area contributed by atoms with Gasteiger partial charge in [-0.2, -0.15) is 5.10 Å². The minimum absolute atomic E-state index is 0.158. The molecule has 1 fully saturated rings. The van der Waals surface area contributed by atoms with Crippen molar-refractivity contribution in [3.63, 3.8) is 0 Å². The molecule has 3 aromatic rings. The lowest BCUT2D eigenvalue weighted by Gasteiger charge is -2.32. The molecule has 1 atom stereocenters. The zero-order chi connectivity index (χ0) is 36.0. The summed E-state index contributed by atoms with van der Waals surface area (Å²) in [5.74, 6) is -1.18. The minimum Gasteiger partial charge on any atom is -0.496 e. The number of aromatic nitrogens is 2. The molecule has 4 rings (SSSR count). The molecule has 1 aliphatic carbocycles. The summed E-state index contributed by atoms with van der Waals surface area (Å²) in [6.07, 6.45) is 3.47. The highest BCUT2D eigenvalue weighted by molar-refractivity contribution is 7.22. The van der Waals surface area contributed by atoms with Gasteiger partial charge in [0.05, 0.1) is 37.7 Å². The number of fused-ring (bicyclic) bond motifs is 1. The smallest absolute Gasteiger partial charge is 0.333 e. The molecule has 0 spiro atoms. The maximum Gasteiger partial charge on any atom is 0.333 e. The average Bonchev–Trinajstić information content (AvgIpc) is 3.38. The van der Waals surface area contributed by atoms with Crippen LogP contribution in [-0.2, 0) is 31.1 Å². The number of hydrazone groups is 1. The Kier molecular flexibility index (Phi) is 12.1.